The van der Waals surface area contributed by atoms with Gasteiger partial charge < -0.3 is 85.3 Å². The van der Waals surface area contributed by atoms with Crippen LogP contribution < -0.4 is 42.6 Å². The molecule has 24 nitrogen and oxygen atoms in total. The Morgan fingerprint density at radius 3 is 1.22 bits per heavy atom. The topological polar surface area (TPSA) is 269 Å². The van der Waals surface area contributed by atoms with Gasteiger partial charge in [0, 0.05) is 27.2 Å². The van der Waals surface area contributed by atoms with Gasteiger partial charge in [-0.1, -0.05) is 0 Å². The fourth-order valence-electron chi connectivity index (χ4n) is 7.51. The van der Waals surface area contributed by atoms with Gasteiger partial charge in [-0.2, -0.15) is 0 Å². The van der Waals surface area contributed by atoms with E-state index >= 15 is 0 Å². The SMILES string of the molecule is COC1=CC(C(=O)OC[C@H]2O[C@@H](OC)[C@H](OC(=O)c3cc(OC)c(OC)c(OC)c3)[C@@H](OC(=O)c3cc(OC)c(OC)c(OC)c3)[C@@H]2OC(=O)c2cc(OC)c(OC)c(OC)c2)=CC(=O)C1(OC)OC(C)=O. The first-order valence-corrected chi connectivity index (χ1v) is 21.2. The van der Waals surface area contributed by atoms with Crippen LogP contribution in [0.4, 0.5) is 0 Å². The van der Waals surface area contributed by atoms with E-state index in [1.54, 1.807) is 0 Å². The predicted octanol–water partition coefficient (Wildman–Crippen LogP) is 3.60. The first kappa shape index (κ1) is 55.0. The maximum absolute atomic E-state index is 14.5. The summed E-state index contributed by atoms with van der Waals surface area (Å²) in [6.07, 6.45) is -7.17. The van der Waals surface area contributed by atoms with Crippen LogP contribution in [0.2, 0.25) is 0 Å². The summed E-state index contributed by atoms with van der Waals surface area (Å²) in [6, 6.07) is 7.64. The molecule has 390 valence electrons. The number of hydrogen-bond donors (Lipinski definition) is 0. The minimum absolute atomic E-state index is 0.0427. The first-order chi connectivity index (χ1) is 34.5. The van der Waals surface area contributed by atoms with Crippen molar-refractivity contribution in [2.75, 3.05) is 91.9 Å². The highest BCUT2D eigenvalue weighted by molar-refractivity contribution is 6.08. The van der Waals surface area contributed by atoms with Crippen molar-refractivity contribution in [3.05, 3.63) is 76.6 Å². The van der Waals surface area contributed by atoms with Crippen molar-refractivity contribution in [1.82, 2.24) is 0 Å². The molecule has 5 rings (SSSR count). The highest BCUT2D eigenvalue weighted by Gasteiger charge is 2.54. The number of carbonyl (C=O) groups excluding carboxylic acids is 6. The molecule has 1 aliphatic heterocycles. The molecule has 1 aliphatic carbocycles. The van der Waals surface area contributed by atoms with Crippen LogP contribution in [0.5, 0.6) is 51.7 Å². The molecular weight excluding hydrogens is 961 g/mol. The quantitative estimate of drug-likeness (QED) is 0.0790. The van der Waals surface area contributed by atoms with Crippen molar-refractivity contribution in [2.45, 2.75) is 43.4 Å². The van der Waals surface area contributed by atoms with Gasteiger partial charge in [0.05, 0.1) is 93.4 Å². The number of rotatable bonds is 22. The van der Waals surface area contributed by atoms with Gasteiger partial charge in [0.15, 0.2) is 64.9 Å². The summed E-state index contributed by atoms with van der Waals surface area (Å²) in [6.45, 7) is 0.185. The lowest BCUT2D eigenvalue weighted by atomic mass is 9.97. The molecule has 1 unspecified atom stereocenters. The van der Waals surface area contributed by atoms with Crippen molar-refractivity contribution < 1.29 is 114 Å². The summed E-state index contributed by atoms with van der Waals surface area (Å²) in [4.78, 5) is 82.6. The summed E-state index contributed by atoms with van der Waals surface area (Å²) >= 11 is 0. The third kappa shape index (κ3) is 11.3. The fourth-order valence-corrected chi connectivity index (χ4v) is 7.51. The normalized spacial score (nSPS) is 20.2. The molecule has 0 bridgehead atoms. The Kier molecular flexibility index (Phi) is 18.5. The number of carbonyl (C=O) groups is 6. The summed E-state index contributed by atoms with van der Waals surface area (Å²) in [7, 11) is 15.4. The summed E-state index contributed by atoms with van der Waals surface area (Å²) in [5.41, 5.74) is -0.981. The van der Waals surface area contributed by atoms with Crippen molar-refractivity contribution in [3.8, 4) is 51.7 Å². The number of hydrogen-bond acceptors (Lipinski definition) is 24. The molecule has 0 saturated carbocycles. The molecule has 1 saturated heterocycles. The molecule has 6 atom stereocenters. The van der Waals surface area contributed by atoms with Crippen LogP contribution in [0.3, 0.4) is 0 Å². The van der Waals surface area contributed by atoms with Crippen LogP contribution in [0.25, 0.3) is 0 Å². The predicted molar refractivity (Wildman–Crippen MR) is 242 cm³/mol. The van der Waals surface area contributed by atoms with E-state index < -0.39 is 84.3 Å². The highest BCUT2D eigenvalue weighted by atomic mass is 16.7. The Labute approximate surface area is 412 Å². The lowest BCUT2D eigenvalue weighted by molar-refractivity contribution is -0.292. The van der Waals surface area contributed by atoms with Crippen LogP contribution in [-0.2, 0) is 57.0 Å². The van der Waals surface area contributed by atoms with Crippen molar-refractivity contribution in [2.24, 2.45) is 0 Å². The van der Waals surface area contributed by atoms with Gasteiger partial charge in [-0.25, -0.2) is 19.2 Å². The maximum Gasteiger partial charge on any atom is 0.339 e. The minimum atomic E-state index is -2.36. The molecule has 24 heteroatoms. The molecule has 1 fully saturated rings. The highest BCUT2D eigenvalue weighted by Crippen LogP contribution is 2.42. The zero-order valence-corrected chi connectivity index (χ0v) is 41.5. The van der Waals surface area contributed by atoms with Crippen molar-refractivity contribution in [3.63, 3.8) is 0 Å². The van der Waals surface area contributed by atoms with Gasteiger partial charge in [0.2, 0.25) is 23.0 Å². The second-order valence-electron chi connectivity index (χ2n) is 14.8. The molecule has 0 amide bonds. The van der Waals surface area contributed by atoms with E-state index in [0.29, 0.717) is 0 Å². The van der Waals surface area contributed by atoms with E-state index in [9.17, 15) is 28.8 Å². The maximum atomic E-state index is 14.5. The number of ketones is 1. The van der Waals surface area contributed by atoms with Gasteiger partial charge in [-0.05, 0) is 42.5 Å². The van der Waals surface area contributed by atoms with Gasteiger partial charge >= 0.3 is 35.6 Å². The van der Waals surface area contributed by atoms with E-state index in [4.69, 9.17) is 85.3 Å². The Bertz CT molecular complexity index is 2510. The van der Waals surface area contributed by atoms with Crippen LogP contribution in [0.15, 0.2) is 59.9 Å². The molecule has 3 aromatic carbocycles. The van der Waals surface area contributed by atoms with E-state index in [1.165, 1.54) is 100 Å². The van der Waals surface area contributed by atoms with Crippen LogP contribution in [0.1, 0.15) is 38.0 Å². The second-order valence-corrected chi connectivity index (χ2v) is 14.8. The molecule has 0 spiro atoms. The first-order valence-electron chi connectivity index (χ1n) is 21.2. The molecule has 72 heavy (non-hydrogen) atoms. The summed E-state index contributed by atoms with van der Waals surface area (Å²) in [5.74, 6) is -8.51. The second kappa shape index (κ2) is 24.2. The largest absolute Gasteiger partial charge is 0.494 e. The van der Waals surface area contributed by atoms with Crippen LogP contribution in [-0.4, -0.2) is 164 Å². The van der Waals surface area contributed by atoms with Gasteiger partial charge in [0.1, 0.15) is 12.7 Å². The zero-order valence-electron chi connectivity index (χ0n) is 41.5. The van der Waals surface area contributed by atoms with E-state index in [1.807, 2.05) is 0 Å². The number of esters is 5. The van der Waals surface area contributed by atoms with Gasteiger partial charge in [-0.15, -0.1) is 0 Å². The van der Waals surface area contributed by atoms with Crippen molar-refractivity contribution in [1.29, 1.82) is 0 Å². The standard InChI is InChI=1S/C48H54O24/c1-23(49)72-48(66-13)35(50)20-27(21-36(48)61-8)43(51)67-22-34-40(69-44(52)24-14-28(55-2)37(62-9)29(15-24)56-3)41(70-45(53)25-16-30(57-4)38(63-10)31(17-25)58-5)42(47(65-12)68-34)71-46(54)26-18-32(59-6)39(64-11)33(19-26)60-7/h14-21,34,40-42,47H,22H2,1-13H3/t34-,40-,41+,42-,47-,48?/m1/s1. The molecular formula is C48H54O24. The Morgan fingerprint density at radius 1 is 0.500 bits per heavy atom. The van der Waals surface area contributed by atoms with E-state index in [0.717, 1.165) is 40.4 Å². The third-order valence-electron chi connectivity index (χ3n) is 10.9. The molecule has 0 N–H and O–H groups in total. The van der Waals surface area contributed by atoms with Crippen LogP contribution >= 0.6 is 0 Å². The summed E-state index contributed by atoms with van der Waals surface area (Å²) < 4.78 is 101. The average molecular weight is 1010 g/mol. The average Bonchev–Trinajstić information content (AvgIpc) is 3.39. The van der Waals surface area contributed by atoms with E-state index in [2.05, 4.69) is 0 Å². The number of benzene rings is 3. The van der Waals surface area contributed by atoms with Crippen molar-refractivity contribution >= 4 is 35.6 Å². The monoisotopic (exact) mass is 1010 g/mol. The molecule has 1 heterocycles. The molecule has 0 radical (unpaired) electrons. The Hall–Kier alpha value is -7.96. The minimum Gasteiger partial charge on any atom is -0.494 e. The van der Waals surface area contributed by atoms with Gasteiger partial charge in [0.25, 0.3) is 0 Å². The zero-order chi connectivity index (χ0) is 53.0. The lowest BCUT2D eigenvalue weighted by Crippen LogP contribution is -2.63. The number of methoxy groups -OCH3 is 12. The molecule has 0 aromatic heterocycles. The molecule has 3 aromatic rings. The smallest absolute Gasteiger partial charge is 0.339 e. The lowest BCUT2D eigenvalue weighted by Gasteiger charge is -2.44. The Morgan fingerprint density at radius 2 is 0.889 bits per heavy atom. The third-order valence-corrected chi connectivity index (χ3v) is 10.9. The van der Waals surface area contributed by atoms with Crippen LogP contribution in [0, 0.1) is 0 Å². The summed E-state index contributed by atoms with van der Waals surface area (Å²) in [5, 5.41) is 0. The molecule has 2 aliphatic rings. The number of ether oxygens (including phenoxy) is 18. The van der Waals surface area contributed by atoms with Gasteiger partial charge in [-0.3, -0.25) is 9.59 Å². The fraction of sp³-hybridized carbons (Fsp3) is 0.417. The van der Waals surface area contributed by atoms with E-state index in [-0.39, 0.29) is 74.2 Å². The Balaban J connectivity index is 1.67.